The van der Waals surface area contributed by atoms with Gasteiger partial charge in [-0.1, -0.05) is 49.7 Å². The summed E-state index contributed by atoms with van der Waals surface area (Å²) in [5, 5.41) is 13.5. The van der Waals surface area contributed by atoms with E-state index >= 15 is 0 Å². The average molecular weight is 390 g/mol. The van der Waals surface area contributed by atoms with E-state index in [9.17, 15) is 14.7 Å². The van der Waals surface area contributed by atoms with Gasteiger partial charge in [0.1, 0.15) is 0 Å². The lowest BCUT2D eigenvalue weighted by Gasteiger charge is -2.38. The lowest BCUT2D eigenvalue weighted by Crippen LogP contribution is -2.37. The molecule has 28 heavy (non-hydrogen) atoms. The largest absolute Gasteiger partial charge is 0.478 e. The zero-order chi connectivity index (χ0) is 21.7. The first-order valence-electron chi connectivity index (χ1n) is 10.3. The number of nitrogens with zero attached hydrogens (tertiary/aromatic N) is 1. The second kappa shape index (κ2) is 8.76. The van der Waals surface area contributed by atoms with Crippen molar-refractivity contribution < 1.29 is 20.9 Å². The Labute approximate surface area is 168 Å². The Balaban J connectivity index is 2.12. The fourth-order valence-corrected chi connectivity index (χ4v) is 3.77. The monoisotopic (exact) mass is 389 g/mol. The summed E-state index contributed by atoms with van der Waals surface area (Å²) in [6.07, 6.45) is 5.02. The van der Waals surface area contributed by atoms with Crippen molar-refractivity contribution in [1.29, 1.82) is 0 Å². The van der Waals surface area contributed by atoms with Crippen molar-refractivity contribution in [3.63, 3.8) is 0 Å². The minimum absolute atomic E-state index is 0.0734. The highest BCUT2D eigenvalue weighted by atomic mass is 16.7. The third-order valence-corrected chi connectivity index (χ3v) is 5.47. The predicted octanol–water partition coefficient (Wildman–Crippen LogP) is 3.71. The van der Waals surface area contributed by atoms with Gasteiger partial charge in [0.25, 0.3) is 0 Å². The average Bonchev–Trinajstić information content (AvgIpc) is 2.67. The van der Waals surface area contributed by atoms with Gasteiger partial charge in [0, 0.05) is 5.92 Å². The summed E-state index contributed by atoms with van der Waals surface area (Å²) < 4.78 is 6.89. The predicted molar refractivity (Wildman–Crippen MR) is 109 cm³/mol. The van der Waals surface area contributed by atoms with Crippen LogP contribution >= 0.6 is 0 Å². The minimum atomic E-state index is -1.35. The molecule has 1 amide bonds. The van der Waals surface area contributed by atoms with E-state index in [-0.39, 0.29) is 23.7 Å². The fraction of sp³-hybridized carbons (Fsp3) is 0.591. The Bertz CT molecular complexity index is 757. The van der Waals surface area contributed by atoms with Gasteiger partial charge in [-0.15, -0.1) is 0 Å². The SMILES string of the molecule is [2H]NC(=O)Cc1ccc(CC(C)(C)C2CCCC/C2=N\OC(C)(C)C(=O)O)cc1. The Morgan fingerprint density at radius 2 is 1.86 bits per heavy atom. The van der Waals surface area contributed by atoms with Crippen LogP contribution in [0, 0.1) is 11.3 Å². The number of oxime groups is 1. The van der Waals surface area contributed by atoms with Gasteiger partial charge in [0.2, 0.25) is 11.5 Å². The first-order valence-corrected chi connectivity index (χ1v) is 9.82. The number of carbonyl (C=O) groups is 2. The lowest BCUT2D eigenvalue weighted by atomic mass is 9.67. The number of carboxylic acids is 1. The van der Waals surface area contributed by atoms with Crippen molar-refractivity contribution in [1.82, 2.24) is 0 Å². The van der Waals surface area contributed by atoms with E-state index in [0.29, 0.717) is 0 Å². The number of carboxylic acid groups (broad SMARTS) is 1. The molecule has 0 heterocycles. The molecule has 1 aromatic rings. The van der Waals surface area contributed by atoms with E-state index in [1.807, 2.05) is 30.0 Å². The fourth-order valence-electron chi connectivity index (χ4n) is 3.77. The van der Waals surface area contributed by atoms with Gasteiger partial charge in [-0.25, -0.2) is 4.79 Å². The van der Waals surface area contributed by atoms with Crippen LogP contribution in [0.4, 0.5) is 0 Å². The molecule has 6 nitrogen and oxygen atoms in total. The zero-order valence-corrected chi connectivity index (χ0v) is 17.2. The summed E-state index contributed by atoms with van der Waals surface area (Å²) in [4.78, 5) is 28.1. The molecule has 1 aliphatic rings. The topological polar surface area (TPSA) is 102 Å². The van der Waals surface area contributed by atoms with Gasteiger partial charge in [-0.3, -0.25) is 4.79 Å². The highest BCUT2D eigenvalue weighted by Crippen LogP contribution is 2.39. The first-order chi connectivity index (χ1) is 13.5. The normalized spacial score (nSPS) is 19.8. The molecule has 0 radical (unpaired) electrons. The molecule has 1 aliphatic carbocycles. The second-order valence-corrected chi connectivity index (χ2v) is 8.87. The smallest absolute Gasteiger partial charge is 0.350 e. The van der Waals surface area contributed by atoms with Gasteiger partial charge >= 0.3 is 5.97 Å². The Hall–Kier alpha value is -2.37. The van der Waals surface area contributed by atoms with Crippen molar-refractivity contribution in [2.45, 2.75) is 71.8 Å². The highest BCUT2D eigenvalue weighted by molar-refractivity contribution is 5.88. The van der Waals surface area contributed by atoms with Crippen molar-refractivity contribution in [2.24, 2.45) is 22.2 Å². The van der Waals surface area contributed by atoms with Gasteiger partial charge in [0.15, 0.2) is 1.41 Å². The lowest BCUT2D eigenvalue weighted by molar-refractivity contribution is -0.161. The highest BCUT2D eigenvalue weighted by Gasteiger charge is 2.37. The van der Waals surface area contributed by atoms with Crippen LogP contribution in [-0.4, -0.2) is 28.3 Å². The number of amides is 1. The molecule has 0 saturated heterocycles. The number of aliphatic carboxylic acids is 1. The Morgan fingerprint density at radius 3 is 2.46 bits per heavy atom. The van der Waals surface area contributed by atoms with E-state index in [0.717, 1.165) is 43.4 Å². The van der Waals surface area contributed by atoms with Crippen LogP contribution in [0.15, 0.2) is 29.4 Å². The molecule has 6 heteroatoms. The summed E-state index contributed by atoms with van der Waals surface area (Å²) in [5.41, 5.74) is 3.46. The Morgan fingerprint density at radius 1 is 1.21 bits per heavy atom. The summed E-state index contributed by atoms with van der Waals surface area (Å²) in [5.74, 6) is -1.15. The van der Waals surface area contributed by atoms with Crippen molar-refractivity contribution in [3.8, 4) is 0 Å². The van der Waals surface area contributed by atoms with Crippen LogP contribution in [0.5, 0.6) is 0 Å². The molecule has 1 saturated carbocycles. The maximum atomic E-state index is 11.4. The van der Waals surface area contributed by atoms with Gasteiger partial charge < -0.3 is 15.7 Å². The van der Waals surface area contributed by atoms with Gasteiger partial charge in [-0.2, -0.15) is 0 Å². The molecule has 3 N–H and O–H groups in total. The molecule has 2 rings (SSSR count). The standard InChI is InChI=1S/C22H32N2O4/c1-21(2,14-16-11-9-15(10-12-16)13-19(23)25)17-7-5-6-8-18(17)24-28-22(3,4)20(26)27/h9-12,17H,5-8,13-14H2,1-4H3,(H2,23,25)(H,26,27)/b24-18+/i/hD. The molecule has 0 aromatic heterocycles. The van der Waals surface area contributed by atoms with Crippen LogP contribution in [0.25, 0.3) is 0 Å². The summed E-state index contributed by atoms with van der Waals surface area (Å²) in [6, 6.07) is 7.90. The van der Waals surface area contributed by atoms with Crippen LogP contribution in [-0.2, 0) is 27.3 Å². The molecular formula is C22H32N2O4. The third kappa shape index (κ3) is 5.81. The molecule has 0 spiro atoms. The molecule has 1 fully saturated rings. The van der Waals surface area contributed by atoms with Crippen LogP contribution in [0.2, 0.25) is 1.41 Å². The number of rotatable bonds is 8. The molecule has 0 aliphatic heterocycles. The van der Waals surface area contributed by atoms with Crippen LogP contribution in [0.3, 0.4) is 0 Å². The van der Waals surface area contributed by atoms with Crippen molar-refractivity contribution in [3.05, 3.63) is 35.4 Å². The number of hydrogen-bond donors (Lipinski definition) is 2. The van der Waals surface area contributed by atoms with E-state index in [2.05, 4.69) is 19.0 Å². The van der Waals surface area contributed by atoms with E-state index in [4.69, 9.17) is 6.25 Å². The number of hydrogen-bond acceptors (Lipinski definition) is 4. The molecular weight excluding hydrogens is 356 g/mol. The molecule has 1 atom stereocenters. The molecule has 1 unspecified atom stereocenters. The van der Waals surface area contributed by atoms with Crippen molar-refractivity contribution in [2.75, 3.05) is 0 Å². The first kappa shape index (κ1) is 20.4. The van der Waals surface area contributed by atoms with Gasteiger partial charge in [-0.05, 0) is 56.1 Å². The van der Waals surface area contributed by atoms with Gasteiger partial charge in [0.05, 0.1) is 12.1 Å². The third-order valence-electron chi connectivity index (χ3n) is 5.47. The maximum absolute atomic E-state index is 11.4. The maximum Gasteiger partial charge on any atom is 0.350 e. The number of carbonyl (C=O) groups excluding carboxylic acids is 1. The Kier molecular flexibility index (Phi) is 6.37. The zero-order valence-electron chi connectivity index (χ0n) is 18.2. The number of primary amides is 1. The van der Waals surface area contributed by atoms with Crippen molar-refractivity contribution >= 4 is 17.6 Å². The van der Waals surface area contributed by atoms with Crippen LogP contribution < -0.4 is 5.73 Å². The molecule has 1 aromatic carbocycles. The second-order valence-electron chi connectivity index (χ2n) is 8.87. The van der Waals surface area contributed by atoms with E-state index < -0.39 is 11.6 Å². The minimum Gasteiger partial charge on any atom is -0.478 e. The van der Waals surface area contributed by atoms with E-state index in [1.54, 1.807) is 0 Å². The summed E-state index contributed by atoms with van der Waals surface area (Å²) >= 11 is 0. The number of benzene rings is 1. The summed E-state index contributed by atoms with van der Waals surface area (Å²) in [7, 11) is 0. The molecule has 0 bridgehead atoms. The molecule has 154 valence electrons. The quantitative estimate of drug-likeness (QED) is 0.662. The van der Waals surface area contributed by atoms with Crippen LogP contribution in [0.1, 0.15) is 64.5 Å². The number of nitrogens with two attached hydrogens (primary N) is 1. The summed E-state index contributed by atoms with van der Waals surface area (Å²) in [6.45, 7) is 7.43. The van der Waals surface area contributed by atoms with E-state index in [1.165, 1.54) is 19.4 Å².